The minimum Gasteiger partial charge on any atom is -0.321 e. The van der Waals surface area contributed by atoms with Gasteiger partial charge in [-0.15, -0.1) is 11.3 Å². The van der Waals surface area contributed by atoms with Gasteiger partial charge in [-0.2, -0.15) is 0 Å². The number of hydrogen-bond donors (Lipinski definition) is 1. The number of nitro groups is 1. The lowest BCUT2D eigenvalue weighted by Crippen LogP contribution is -2.21. The molecule has 156 valence electrons. The Hall–Kier alpha value is -3.85. The fourth-order valence-electron chi connectivity index (χ4n) is 3.39. The Kier molecular flexibility index (Phi) is 5.35. The number of nitrogens with zero attached hydrogens (tertiary/aromatic N) is 3. The van der Waals surface area contributed by atoms with Gasteiger partial charge >= 0.3 is 0 Å². The first-order valence-corrected chi connectivity index (χ1v) is 10.3. The Bertz CT molecular complexity index is 1380. The number of carbonyl (C=O) groups excluding carboxylic acids is 1. The third kappa shape index (κ3) is 3.95. The normalized spacial score (nSPS) is 10.9. The SMILES string of the molecule is Cc1cc(NC(=O)c2sc3ncn(Cc4ccccc4)c(=O)c3c2C)ccc1[N+](=O)[O-]. The molecule has 2 aromatic heterocycles. The highest BCUT2D eigenvalue weighted by Gasteiger charge is 2.20. The van der Waals surface area contributed by atoms with Crippen LogP contribution in [0.15, 0.2) is 59.7 Å². The highest BCUT2D eigenvalue weighted by atomic mass is 32.1. The average Bonchev–Trinajstić information content (AvgIpc) is 3.08. The molecule has 0 unspecified atom stereocenters. The maximum atomic E-state index is 13.0. The van der Waals surface area contributed by atoms with E-state index < -0.39 is 4.92 Å². The number of benzene rings is 2. The molecule has 1 amide bonds. The van der Waals surface area contributed by atoms with Gasteiger partial charge in [0.1, 0.15) is 4.83 Å². The Morgan fingerprint density at radius 3 is 2.61 bits per heavy atom. The van der Waals surface area contributed by atoms with Gasteiger partial charge in [-0.25, -0.2) is 4.98 Å². The maximum Gasteiger partial charge on any atom is 0.272 e. The van der Waals surface area contributed by atoms with Crippen LogP contribution in [0.3, 0.4) is 0 Å². The number of nitrogens with one attached hydrogen (secondary N) is 1. The molecule has 0 spiro atoms. The molecule has 0 atom stereocenters. The molecule has 2 aromatic carbocycles. The molecular weight excluding hydrogens is 416 g/mol. The third-order valence-electron chi connectivity index (χ3n) is 4.97. The van der Waals surface area contributed by atoms with Gasteiger partial charge in [0.15, 0.2) is 0 Å². The lowest BCUT2D eigenvalue weighted by Gasteiger charge is -2.06. The van der Waals surface area contributed by atoms with E-state index in [-0.39, 0.29) is 17.2 Å². The van der Waals surface area contributed by atoms with E-state index in [1.54, 1.807) is 19.9 Å². The molecule has 0 aliphatic heterocycles. The van der Waals surface area contributed by atoms with Crippen LogP contribution in [0.4, 0.5) is 11.4 Å². The lowest BCUT2D eigenvalue weighted by molar-refractivity contribution is -0.385. The van der Waals surface area contributed by atoms with Gasteiger partial charge in [-0.3, -0.25) is 24.3 Å². The van der Waals surface area contributed by atoms with Crippen molar-refractivity contribution < 1.29 is 9.72 Å². The Balaban J connectivity index is 1.65. The largest absolute Gasteiger partial charge is 0.321 e. The second kappa shape index (κ2) is 8.11. The van der Waals surface area contributed by atoms with E-state index >= 15 is 0 Å². The first-order valence-electron chi connectivity index (χ1n) is 9.44. The lowest BCUT2D eigenvalue weighted by atomic mass is 10.1. The number of aromatic nitrogens is 2. The van der Waals surface area contributed by atoms with Crippen LogP contribution in [-0.2, 0) is 6.54 Å². The molecule has 4 rings (SSSR count). The molecule has 0 radical (unpaired) electrons. The predicted molar refractivity (Wildman–Crippen MR) is 120 cm³/mol. The number of fused-ring (bicyclic) bond motifs is 1. The predicted octanol–water partition coefficient (Wildman–Crippen LogP) is 4.28. The van der Waals surface area contributed by atoms with Crippen LogP contribution in [0.25, 0.3) is 10.2 Å². The summed E-state index contributed by atoms with van der Waals surface area (Å²) in [7, 11) is 0. The van der Waals surface area contributed by atoms with Crippen molar-refractivity contribution in [2.45, 2.75) is 20.4 Å². The summed E-state index contributed by atoms with van der Waals surface area (Å²) in [5, 5.41) is 14.2. The van der Waals surface area contributed by atoms with Crippen LogP contribution in [-0.4, -0.2) is 20.4 Å². The number of amides is 1. The van der Waals surface area contributed by atoms with E-state index in [0.29, 0.717) is 38.5 Å². The van der Waals surface area contributed by atoms with Crippen molar-refractivity contribution in [1.29, 1.82) is 0 Å². The Labute approximate surface area is 181 Å². The average molecular weight is 434 g/mol. The fourth-order valence-corrected chi connectivity index (χ4v) is 4.43. The number of thiophene rings is 1. The number of carbonyl (C=O) groups is 1. The Morgan fingerprint density at radius 2 is 1.94 bits per heavy atom. The van der Waals surface area contributed by atoms with E-state index in [2.05, 4.69) is 10.3 Å². The van der Waals surface area contributed by atoms with Gasteiger partial charge in [0.25, 0.3) is 17.2 Å². The first kappa shape index (κ1) is 20.4. The molecule has 0 aliphatic rings. The summed E-state index contributed by atoms with van der Waals surface area (Å²) in [6.45, 7) is 3.73. The van der Waals surface area contributed by atoms with Crippen LogP contribution in [0.1, 0.15) is 26.4 Å². The molecule has 9 heteroatoms. The molecule has 2 heterocycles. The quantitative estimate of drug-likeness (QED) is 0.373. The van der Waals surface area contributed by atoms with Gasteiger partial charge in [-0.05, 0) is 37.1 Å². The van der Waals surface area contributed by atoms with E-state index in [1.807, 2.05) is 30.3 Å². The molecule has 0 saturated carbocycles. The van der Waals surface area contributed by atoms with Crippen molar-refractivity contribution in [3.8, 4) is 0 Å². The minimum absolute atomic E-state index is 0.0146. The van der Waals surface area contributed by atoms with Crippen molar-refractivity contribution in [3.05, 3.63) is 96.9 Å². The molecule has 0 aliphatic carbocycles. The van der Waals surface area contributed by atoms with Crippen LogP contribution >= 0.6 is 11.3 Å². The smallest absolute Gasteiger partial charge is 0.272 e. The van der Waals surface area contributed by atoms with Crippen LogP contribution in [0.2, 0.25) is 0 Å². The summed E-state index contributed by atoms with van der Waals surface area (Å²) in [6.07, 6.45) is 1.50. The number of rotatable bonds is 5. The van der Waals surface area contributed by atoms with Crippen LogP contribution < -0.4 is 10.9 Å². The molecule has 1 N–H and O–H groups in total. The summed E-state index contributed by atoms with van der Waals surface area (Å²) in [6, 6.07) is 14.0. The second-order valence-corrected chi connectivity index (χ2v) is 8.11. The molecule has 4 aromatic rings. The molecular formula is C22H18N4O4S. The van der Waals surface area contributed by atoms with E-state index in [0.717, 1.165) is 16.9 Å². The first-order chi connectivity index (χ1) is 14.8. The van der Waals surface area contributed by atoms with Gasteiger partial charge < -0.3 is 5.32 Å². The summed E-state index contributed by atoms with van der Waals surface area (Å²) in [5.41, 5.74) is 2.22. The molecule has 0 saturated heterocycles. The van der Waals surface area contributed by atoms with Crippen molar-refractivity contribution in [3.63, 3.8) is 0 Å². The number of nitro benzene ring substituents is 1. The van der Waals surface area contributed by atoms with Crippen molar-refractivity contribution >= 4 is 38.8 Å². The number of anilines is 1. The number of aryl methyl sites for hydroxylation is 2. The second-order valence-electron chi connectivity index (χ2n) is 7.11. The zero-order chi connectivity index (χ0) is 22.1. The van der Waals surface area contributed by atoms with E-state index in [9.17, 15) is 19.7 Å². The van der Waals surface area contributed by atoms with Gasteiger partial charge in [0.05, 0.1) is 28.1 Å². The zero-order valence-corrected chi connectivity index (χ0v) is 17.6. The summed E-state index contributed by atoms with van der Waals surface area (Å²) >= 11 is 1.15. The van der Waals surface area contributed by atoms with Crippen molar-refractivity contribution in [2.24, 2.45) is 0 Å². The molecule has 0 fully saturated rings. The summed E-state index contributed by atoms with van der Waals surface area (Å²) < 4.78 is 1.53. The monoisotopic (exact) mass is 434 g/mol. The highest BCUT2D eigenvalue weighted by Crippen LogP contribution is 2.28. The summed E-state index contributed by atoms with van der Waals surface area (Å²) in [4.78, 5) is 41.6. The van der Waals surface area contributed by atoms with Gasteiger partial charge in [0, 0.05) is 17.3 Å². The van der Waals surface area contributed by atoms with E-state index in [4.69, 9.17) is 0 Å². The van der Waals surface area contributed by atoms with Crippen molar-refractivity contribution in [2.75, 3.05) is 5.32 Å². The maximum absolute atomic E-state index is 13.0. The minimum atomic E-state index is -0.469. The summed E-state index contributed by atoms with van der Waals surface area (Å²) in [5.74, 6) is -0.386. The fraction of sp³-hybridized carbons (Fsp3) is 0.136. The standard InChI is InChI=1S/C22H18N4O4S/c1-13-10-16(8-9-17(13)26(29)30)24-20(27)19-14(2)18-21(31-19)23-12-25(22(18)28)11-15-6-4-3-5-7-15/h3-10,12H,11H2,1-2H3,(H,24,27). The molecule has 8 nitrogen and oxygen atoms in total. The highest BCUT2D eigenvalue weighted by molar-refractivity contribution is 7.20. The molecule has 31 heavy (non-hydrogen) atoms. The van der Waals surface area contributed by atoms with Crippen LogP contribution in [0, 0.1) is 24.0 Å². The van der Waals surface area contributed by atoms with E-state index in [1.165, 1.54) is 23.0 Å². The topological polar surface area (TPSA) is 107 Å². The zero-order valence-electron chi connectivity index (χ0n) is 16.8. The Morgan fingerprint density at radius 1 is 1.19 bits per heavy atom. The molecule has 0 bridgehead atoms. The third-order valence-corrected chi connectivity index (χ3v) is 6.17. The van der Waals surface area contributed by atoms with Crippen molar-refractivity contribution in [1.82, 2.24) is 9.55 Å². The number of hydrogen-bond acceptors (Lipinski definition) is 6. The van der Waals surface area contributed by atoms with Gasteiger partial charge in [-0.1, -0.05) is 30.3 Å². The van der Waals surface area contributed by atoms with Gasteiger partial charge in [0.2, 0.25) is 0 Å². The van der Waals surface area contributed by atoms with Crippen LogP contribution in [0.5, 0.6) is 0 Å².